The van der Waals surface area contributed by atoms with Gasteiger partial charge in [0, 0.05) is 12.1 Å². The molecule has 1 heterocycles. The Kier molecular flexibility index (Phi) is 5.49. The first-order valence-electron chi connectivity index (χ1n) is 8.62. The zero-order chi connectivity index (χ0) is 18.5. The van der Waals surface area contributed by atoms with Gasteiger partial charge in [0.2, 0.25) is 0 Å². The molecule has 134 valence electrons. The standard InChI is InChI=1S/C21H22N2O3/c1-14(2)26-13-16-9-7-15(8-10-16)12-22-20(24)18-11-17-5-3-4-6-19(17)23-21(18)25/h3-11,14H,12-13H2,1-2H3,(H,22,24)(H,23,25). The second-order valence-corrected chi connectivity index (χ2v) is 6.46. The smallest absolute Gasteiger partial charge is 0.261 e. The monoisotopic (exact) mass is 350 g/mol. The first-order chi connectivity index (χ1) is 12.5. The molecule has 0 aliphatic carbocycles. The van der Waals surface area contributed by atoms with Crippen LogP contribution in [0.4, 0.5) is 0 Å². The number of aromatic nitrogens is 1. The van der Waals surface area contributed by atoms with Gasteiger partial charge in [-0.3, -0.25) is 9.59 Å². The van der Waals surface area contributed by atoms with E-state index in [0.717, 1.165) is 16.5 Å². The van der Waals surface area contributed by atoms with Crippen molar-refractivity contribution in [3.63, 3.8) is 0 Å². The van der Waals surface area contributed by atoms with Gasteiger partial charge in [0.1, 0.15) is 5.56 Å². The Balaban J connectivity index is 1.65. The number of amides is 1. The molecule has 3 aromatic rings. The fourth-order valence-electron chi connectivity index (χ4n) is 2.61. The maximum atomic E-state index is 12.4. The van der Waals surface area contributed by atoms with Crippen molar-refractivity contribution in [2.24, 2.45) is 0 Å². The number of ether oxygens (including phenoxy) is 1. The SMILES string of the molecule is CC(C)OCc1ccc(CNC(=O)c2cc3ccccc3[nH]c2=O)cc1. The topological polar surface area (TPSA) is 71.2 Å². The Morgan fingerprint density at radius 3 is 2.50 bits per heavy atom. The quantitative estimate of drug-likeness (QED) is 0.716. The minimum Gasteiger partial charge on any atom is -0.374 e. The van der Waals surface area contributed by atoms with E-state index in [4.69, 9.17) is 4.74 Å². The highest BCUT2D eigenvalue weighted by molar-refractivity contribution is 5.97. The van der Waals surface area contributed by atoms with Gasteiger partial charge in [0.25, 0.3) is 11.5 Å². The van der Waals surface area contributed by atoms with Crippen LogP contribution in [0.3, 0.4) is 0 Å². The molecule has 0 bridgehead atoms. The van der Waals surface area contributed by atoms with Crippen molar-refractivity contribution in [1.82, 2.24) is 10.3 Å². The highest BCUT2D eigenvalue weighted by Crippen LogP contribution is 2.11. The molecular weight excluding hydrogens is 328 g/mol. The molecule has 1 amide bonds. The van der Waals surface area contributed by atoms with E-state index < -0.39 is 0 Å². The lowest BCUT2D eigenvalue weighted by molar-refractivity contribution is 0.0657. The van der Waals surface area contributed by atoms with E-state index in [2.05, 4.69) is 10.3 Å². The first-order valence-corrected chi connectivity index (χ1v) is 8.62. The summed E-state index contributed by atoms with van der Waals surface area (Å²) in [5.74, 6) is -0.385. The molecule has 2 aromatic carbocycles. The number of fused-ring (bicyclic) bond motifs is 1. The van der Waals surface area contributed by atoms with Crippen molar-refractivity contribution in [1.29, 1.82) is 0 Å². The number of rotatable bonds is 6. The highest BCUT2D eigenvalue weighted by atomic mass is 16.5. The van der Waals surface area contributed by atoms with Crippen LogP contribution in [0.1, 0.15) is 35.3 Å². The van der Waals surface area contributed by atoms with Gasteiger partial charge in [0.15, 0.2) is 0 Å². The van der Waals surface area contributed by atoms with Gasteiger partial charge >= 0.3 is 0 Å². The third kappa shape index (κ3) is 4.37. The molecule has 0 saturated carbocycles. The van der Waals surface area contributed by atoms with E-state index in [1.165, 1.54) is 0 Å². The van der Waals surface area contributed by atoms with E-state index in [0.29, 0.717) is 18.7 Å². The minimum absolute atomic E-state index is 0.116. The number of benzene rings is 2. The van der Waals surface area contributed by atoms with Crippen LogP contribution in [0, 0.1) is 0 Å². The zero-order valence-corrected chi connectivity index (χ0v) is 14.9. The molecule has 1 aromatic heterocycles. The van der Waals surface area contributed by atoms with Crippen LogP contribution in [0.15, 0.2) is 59.4 Å². The zero-order valence-electron chi connectivity index (χ0n) is 14.9. The number of hydrogen-bond donors (Lipinski definition) is 2. The third-order valence-electron chi connectivity index (χ3n) is 4.06. The van der Waals surface area contributed by atoms with E-state index in [1.807, 2.05) is 62.4 Å². The summed E-state index contributed by atoms with van der Waals surface area (Å²) in [6.45, 7) is 4.92. The summed E-state index contributed by atoms with van der Waals surface area (Å²) < 4.78 is 5.56. The summed E-state index contributed by atoms with van der Waals surface area (Å²) in [4.78, 5) is 27.2. The summed E-state index contributed by atoms with van der Waals surface area (Å²) in [7, 11) is 0. The number of carbonyl (C=O) groups excluding carboxylic acids is 1. The first kappa shape index (κ1) is 17.9. The number of para-hydroxylation sites is 1. The van der Waals surface area contributed by atoms with Crippen molar-refractivity contribution >= 4 is 16.8 Å². The summed E-state index contributed by atoms with van der Waals surface area (Å²) in [5.41, 5.74) is 2.49. The molecule has 0 unspecified atom stereocenters. The lowest BCUT2D eigenvalue weighted by atomic mass is 10.1. The van der Waals surface area contributed by atoms with E-state index >= 15 is 0 Å². The van der Waals surface area contributed by atoms with E-state index in [1.54, 1.807) is 6.07 Å². The molecule has 0 aliphatic heterocycles. The van der Waals surface area contributed by atoms with Crippen molar-refractivity contribution in [2.45, 2.75) is 33.1 Å². The van der Waals surface area contributed by atoms with Gasteiger partial charge < -0.3 is 15.0 Å². The van der Waals surface area contributed by atoms with Gasteiger partial charge in [-0.05, 0) is 42.5 Å². The summed E-state index contributed by atoms with van der Waals surface area (Å²) in [6.07, 6.45) is 0.189. The fourth-order valence-corrected chi connectivity index (χ4v) is 2.61. The number of aromatic amines is 1. The Labute approximate surface area is 152 Å². The van der Waals surface area contributed by atoms with Crippen molar-refractivity contribution in [3.8, 4) is 0 Å². The van der Waals surface area contributed by atoms with Gasteiger partial charge in [0.05, 0.1) is 12.7 Å². The van der Waals surface area contributed by atoms with Crippen LogP contribution in [0.5, 0.6) is 0 Å². The van der Waals surface area contributed by atoms with Crippen LogP contribution in [0.2, 0.25) is 0 Å². The lowest BCUT2D eigenvalue weighted by Gasteiger charge is -2.09. The Bertz CT molecular complexity index is 959. The molecule has 2 N–H and O–H groups in total. The Hall–Kier alpha value is -2.92. The summed E-state index contributed by atoms with van der Waals surface area (Å²) in [6, 6.07) is 16.9. The predicted octanol–water partition coefficient (Wildman–Crippen LogP) is 3.38. The molecule has 26 heavy (non-hydrogen) atoms. The second-order valence-electron chi connectivity index (χ2n) is 6.46. The number of carbonyl (C=O) groups is 1. The number of pyridine rings is 1. The normalized spacial score (nSPS) is 11.0. The van der Waals surface area contributed by atoms with Crippen LogP contribution >= 0.6 is 0 Å². The van der Waals surface area contributed by atoms with Crippen LogP contribution in [-0.2, 0) is 17.9 Å². The van der Waals surface area contributed by atoms with Crippen LogP contribution < -0.4 is 10.9 Å². The van der Waals surface area contributed by atoms with Gasteiger partial charge in [-0.25, -0.2) is 0 Å². The van der Waals surface area contributed by atoms with Crippen molar-refractivity contribution < 1.29 is 9.53 Å². The Morgan fingerprint density at radius 2 is 1.77 bits per heavy atom. The maximum Gasteiger partial charge on any atom is 0.261 e. The van der Waals surface area contributed by atoms with Crippen LogP contribution in [-0.4, -0.2) is 17.0 Å². The predicted molar refractivity (Wildman–Crippen MR) is 102 cm³/mol. The largest absolute Gasteiger partial charge is 0.374 e. The molecule has 5 heteroatoms. The van der Waals surface area contributed by atoms with Crippen molar-refractivity contribution in [2.75, 3.05) is 0 Å². The molecule has 0 aliphatic rings. The minimum atomic E-state index is -0.387. The number of H-pyrrole nitrogens is 1. The van der Waals surface area contributed by atoms with Gasteiger partial charge in [-0.1, -0.05) is 42.5 Å². The second kappa shape index (κ2) is 7.97. The van der Waals surface area contributed by atoms with Crippen LogP contribution in [0.25, 0.3) is 10.9 Å². The third-order valence-corrected chi connectivity index (χ3v) is 4.06. The maximum absolute atomic E-state index is 12.4. The van der Waals surface area contributed by atoms with Gasteiger partial charge in [-0.15, -0.1) is 0 Å². The van der Waals surface area contributed by atoms with E-state index in [-0.39, 0.29) is 23.1 Å². The molecule has 0 saturated heterocycles. The number of hydrogen-bond acceptors (Lipinski definition) is 3. The lowest BCUT2D eigenvalue weighted by Crippen LogP contribution is -2.29. The fraction of sp³-hybridized carbons (Fsp3) is 0.238. The summed E-state index contributed by atoms with van der Waals surface area (Å²) >= 11 is 0. The van der Waals surface area contributed by atoms with Gasteiger partial charge in [-0.2, -0.15) is 0 Å². The highest BCUT2D eigenvalue weighted by Gasteiger charge is 2.11. The molecule has 0 radical (unpaired) electrons. The number of nitrogens with one attached hydrogen (secondary N) is 2. The molecular formula is C21H22N2O3. The average Bonchev–Trinajstić information content (AvgIpc) is 2.64. The molecule has 0 atom stereocenters. The molecule has 5 nitrogen and oxygen atoms in total. The van der Waals surface area contributed by atoms with E-state index in [9.17, 15) is 9.59 Å². The average molecular weight is 350 g/mol. The molecule has 0 fully saturated rings. The Morgan fingerprint density at radius 1 is 1.08 bits per heavy atom. The van der Waals surface area contributed by atoms with Crippen molar-refractivity contribution in [3.05, 3.63) is 81.6 Å². The molecule has 3 rings (SSSR count). The molecule has 0 spiro atoms. The summed E-state index contributed by atoms with van der Waals surface area (Å²) in [5, 5.41) is 3.63.